The molecule has 0 aromatic heterocycles. The van der Waals surface area contributed by atoms with Gasteiger partial charge in [0.2, 0.25) is 0 Å². The minimum atomic E-state index is -3.81. The Labute approximate surface area is 165 Å². The second-order valence-corrected chi connectivity index (χ2v) is 8.28. The average Bonchev–Trinajstić information content (AvgIpc) is 2.73. The summed E-state index contributed by atoms with van der Waals surface area (Å²) in [5.41, 5.74) is 3.74. The summed E-state index contributed by atoms with van der Waals surface area (Å²) >= 11 is 0. The van der Waals surface area contributed by atoms with E-state index in [4.69, 9.17) is 8.92 Å². The Morgan fingerprint density at radius 2 is 1.75 bits per heavy atom. The third-order valence-corrected chi connectivity index (χ3v) is 5.92. The molecular formula is C22H21NO4S. The van der Waals surface area contributed by atoms with Crippen LogP contribution in [0.1, 0.15) is 11.1 Å². The third-order valence-electron chi connectivity index (χ3n) is 4.64. The standard InChI is InChI=1S/C22H21NO4S/c1-17-7-10-20(11-8-17)28(24,25)27-16-18-9-12-22-21(15-18)23(13-14-26-22)19-5-3-2-4-6-19/h2-12,15H,13-14,16H2,1H3. The normalized spacial score (nSPS) is 13.7. The highest BCUT2D eigenvalue weighted by Gasteiger charge is 2.21. The van der Waals surface area contributed by atoms with E-state index in [2.05, 4.69) is 4.90 Å². The van der Waals surface area contributed by atoms with E-state index in [1.807, 2.05) is 55.5 Å². The predicted octanol–water partition coefficient (Wildman–Crippen LogP) is 4.43. The lowest BCUT2D eigenvalue weighted by atomic mass is 10.1. The summed E-state index contributed by atoms with van der Waals surface area (Å²) in [5, 5.41) is 0. The summed E-state index contributed by atoms with van der Waals surface area (Å²) < 4.78 is 35.9. The van der Waals surface area contributed by atoms with Gasteiger partial charge in [-0.15, -0.1) is 0 Å². The molecule has 6 heteroatoms. The van der Waals surface area contributed by atoms with E-state index in [0.29, 0.717) is 6.61 Å². The summed E-state index contributed by atoms with van der Waals surface area (Å²) in [6.07, 6.45) is 0. The maximum Gasteiger partial charge on any atom is 0.297 e. The van der Waals surface area contributed by atoms with E-state index in [1.165, 1.54) is 0 Å². The molecule has 1 aliphatic rings. The van der Waals surface area contributed by atoms with Gasteiger partial charge in [-0.25, -0.2) is 0 Å². The van der Waals surface area contributed by atoms with Crippen molar-refractivity contribution in [1.82, 2.24) is 0 Å². The van der Waals surface area contributed by atoms with Crippen molar-refractivity contribution in [3.8, 4) is 5.75 Å². The molecule has 0 spiro atoms. The Balaban J connectivity index is 1.56. The van der Waals surface area contributed by atoms with Crippen molar-refractivity contribution in [2.45, 2.75) is 18.4 Å². The number of nitrogens with zero attached hydrogens (tertiary/aromatic N) is 1. The number of rotatable bonds is 5. The van der Waals surface area contributed by atoms with Crippen LogP contribution in [0, 0.1) is 6.92 Å². The van der Waals surface area contributed by atoms with Crippen LogP contribution in [0.25, 0.3) is 0 Å². The highest BCUT2D eigenvalue weighted by atomic mass is 32.2. The van der Waals surface area contributed by atoms with Crippen LogP contribution in [-0.2, 0) is 20.9 Å². The molecule has 1 heterocycles. The molecule has 0 saturated carbocycles. The predicted molar refractivity (Wildman–Crippen MR) is 109 cm³/mol. The Morgan fingerprint density at radius 1 is 1.00 bits per heavy atom. The van der Waals surface area contributed by atoms with E-state index in [1.54, 1.807) is 24.3 Å². The van der Waals surface area contributed by atoms with E-state index in [0.717, 1.165) is 34.8 Å². The molecule has 144 valence electrons. The second-order valence-electron chi connectivity index (χ2n) is 6.67. The lowest BCUT2D eigenvalue weighted by Crippen LogP contribution is -2.28. The van der Waals surface area contributed by atoms with Crippen molar-refractivity contribution in [1.29, 1.82) is 0 Å². The molecule has 0 N–H and O–H groups in total. The molecule has 3 aromatic rings. The van der Waals surface area contributed by atoms with Crippen LogP contribution in [0.5, 0.6) is 5.75 Å². The number of hydrogen-bond donors (Lipinski definition) is 0. The third kappa shape index (κ3) is 3.88. The molecule has 5 nitrogen and oxygen atoms in total. The van der Waals surface area contributed by atoms with Gasteiger partial charge in [0.25, 0.3) is 10.1 Å². The molecule has 0 aliphatic carbocycles. The molecule has 4 rings (SSSR count). The fraction of sp³-hybridized carbons (Fsp3) is 0.182. The second kappa shape index (κ2) is 7.66. The first-order valence-corrected chi connectivity index (χ1v) is 10.5. The molecular weight excluding hydrogens is 374 g/mol. The number of ether oxygens (including phenoxy) is 1. The SMILES string of the molecule is Cc1ccc(S(=O)(=O)OCc2ccc3c(c2)N(c2ccccc2)CCO3)cc1. The van der Waals surface area contributed by atoms with Crippen molar-refractivity contribution in [2.24, 2.45) is 0 Å². The molecule has 1 aliphatic heterocycles. The van der Waals surface area contributed by atoms with Gasteiger partial charge in [0.1, 0.15) is 12.4 Å². The number of para-hydroxylation sites is 1. The molecule has 0 radical (unpaired) electrons. The first-order chi connectivity index (χ1) is 13.5. The van der Waals surface area contributed by atoms with Crippen LogP contribution >= 0.6 is 0 Å². The van der Waals surface area contributed by atoms with Crippen molar-refractivity contribution < 1.29 is 17.3 Å². The van der Waals surface area contributed by atoms with Crippen LogP contribution < -0.4 is 9.64 Å². The number of hydrogen-bond acceptors (Lipinski definition) is 5. The quantitative estimate of drug-likeness (QED) is 0.598. The zero-order valence-electron chi connectivity index (χ0n) is 15.5. The number of benzene rings is 3. The molecule has 0 bridgehead atoms. The van der Waals surface area contributed by atoms with Crippen molar-refractivity contribution in [3.05, 3.63) is 83.9 Å². The Kier molecular flexibility index (Phi) is 5.07. The lowest BCUT2D eigenvalue weighted by molar-refractivity contribution is 0.304. The van der Waals surface area contributed by atoms with E-state index >= 15 is 0 Å². The smallest absolute Gasteiger partial charge is 0.297 e. The van der Waals surface area contributed by atoms with Gasteiger partial charge in [-0.05, 0) is 48.9 Å². The van der Waals surface area contributed by atoms with Crippen LogP contribution in [0.2, 0.25) is 0 Å². The monoisotopic (exact) mass is 395 g/mol. The van der Waals surface area contributed by atoms with E-state index < -0.39 is 10.1 Å². The number of anilines is 2. The van der Waals surface area contributed by atoms with Gasteiger partial charge >= 0.3 is 0 Å². The maximum atomic E-state index is 12.4. The maximum absolute atomic E-state index is 12.4. The van der Waals surface area contributed by atoms with Crippen molar-refractivity contribution in [3.63, 3.8) is 0 Å². The molecule has 3 aromatic carbocycles. The first kappa shape index (κ1) is 18.5. The van der Waals surface area contributed by atoms with E-state index in [9.17, 15) is 8.42 Å². The summed E-state index contributed by atoms with van der Waals surface area (Å²) in [6, 6.07) is 22.3. The highest BCUT2D eigenvalue weighted by Crippen LogP contribution is 2.37. The van der Waals surface area contributed by atoms with Crippen molar-refractivity contribution in [2.75, 3.05) is 18.1 Å². The van der Waals surface area contributed by atoms with Gasteiger partial charge in [-0.2, -0.15) is 8.42 Å². The van der Waals surface area contributed by atoms with Gasteiger partial charge in [-0.1, -0.05) is 42.0 Å². The Hall–Kier alpha value is -2.83. The number of fused-ring (bicyclic) bond motifs is 1. The summed E-state index contributed by atoms with van der Waals surface area (Å²) in [6.45, 7) is 3.19. The number of aryl methyl sites for hydroxylation is 1. The molecule has 0 fully saturated rings. The van der Waals surface area contributed by atoms with Crippen LogP contribution in [0.4, 0.5) is 11.4 Å². The minimum Gasteiger partial charge on any atom is -0.490 e. The highest BCUT2D eigenvalue weighted by molar-refractivity contribution is 7.86. The van der Waals surface area contributed by atoms with Gasteiger partial charge in [-0.3, -0.25) is 4.18 Å². The van der Waals surface area contributed by atoms with E-state index in [-0.39, 0.29) is 11.5 Å². The van der Waals surface area contributed by atoms with Gasteiger partial charge in [0, 0.05) is 5.69 Å². The van der Waals surface area contributed by atoms with Crippen LogP contribution in [0.3, 0.4) is 0 Å². The van der Waals surface area contributed by atoms with Crippen LogP contribution in [0.15, 0.2) is 77.7 Å². The fourth-order valence-corrected chi connectivity index (χ4v) is 4.04. The van der Waals surface area contributed by atoms with Gasteiger partial charge < -0.3 is 9.64 Å². The Bertz CT molecular complexity index is 1060. The summed E-state index contributed by atoms with van der Waals surface area (Å²) in [7, 11) is -3.81. The van der Waals surface area contributed by atoms with Crippen molar-refractivity contribution >= 4 is 21.5 Å². The molecule has 0 atom stereocenters. The molecule has 0 unspecified atom stereocenters. The first-order valence-electron chi connectivity index (χ1n) is 9.07. The van der Waals surface area contributed by atoms with Crippen LogP contribution in [-0.4, -0.2) is 21.6 Å². The Morgan fingerprint density at radius 3 is 2.50 bits per heavy atom. The molecule has 0 amide bonds. The zero-order valence-corrected chi connectivity index (χ0v) is 16.4. The topological polar surface area (TPSA) is 55.8 Å². The average molecular weight is 395 g/mol. The fourth-order valence-electron chi connectivity index (χ4n) is 3.15. The molecule has 28 heavy (non-hydrogen) atoms. The summed E-state index contributed by atoms with van der Waals surface area (Å²) in [5.74, 6) is 0.778. The molecule has 0 saturated heterocycles. The van der Waals surface area contributed by atoms with Gasteiger partial charge in [0.05, 0.1) is 23.7 Å². The zero-order chi connectivity index (χ0) is 19.6. The lowest BCUT2D eigenvalue weighted by Gasteiger charge is -2.31. The summed E-state index contributed by atoms with van der Waals surface area (Å²) in [4.78, 5) is 2.32. The van der Waals surface area contributed by atoms with Gasteiger partial charge in [0.15, 0.2) is 0 Å². The largest absolute Gasteiger partial charge is 0.490 e. The minimum absolute atomic E-state index is 0.0356.